The number of guanidine groups is 1. The first-order valence-corrected chi connectivity index (χ1v) is 6.28. The monoisotopic (exact) mass is 402 g/mol. The van der Waals surface area contributed by atoms with E-state index < -0.39 is 0 Å². The molecule has 0 spiro atoms. The van der Waals surface area contributed by atoms with Gasteiger partial charge in [-0.05, 0) is 13.0 Å². The third-order valence-electron chi connectivity index (χ3n) is 2.73. The Labute approximate surface area is 140 Å². The fourth-order valence-electron chi connectivity index (χ4n) is 1.79. The highest BCUT2D eigenvalue weighted by molar-refractivity contribution is 14.0. The van der Waals surface area contributed by atoms with Crippen LogP contribution in [0.3, 0.4) is 0 Å². The average molecular weight is 402 g/mol. The molecule has 2 aromatic heterocycles. The lowest BCUT2D eigenvalue weighted by Crippen LogP contribution is -2.38. The molecule has 0 aliphatic carbocycles. The first kappa shape index (κ1) is 17.3. The quantitative estimate of drug-likeness (QED) is 0.476. The highest BCUT2D eigenvalue weighted by atomic mass is 127. The number of aliphatic imine (C=N–C) groups is 1. The predicted molar refractivity (Wildman–Crippen MR) is 90.4 cm³/mol. The molecule has 0 aliphatic heterocycles. The number of nitrogens with zero attached hydrogens (tertiary/aromatic N) is 5. The van der Waals surface area contributed by atoms with Gasteiger partial charge in [-0.25, -0.2) is 9.97 Å². The van der Waals surface area contributed by atoms with Gasteiger partial charge in [-0.2, -0.15) is 0 Å². The number of halogens is 1. The Bertz CT molecular complexity index is 572. The molecule has 0 unspecified atom stereocenters. The third kappa shape index (κ3) is 5.29. The first-order valence-electron chi connectivity index (χ1n) is 6.28. The van der Waals surface area contributed by atoms with Gasteiger partial charge < -0.3 is 14.7 Å². The fourth-order valence-corrected chi connectivity index (χ4v) is 1.79. The molecule has 2 rings (SSSR count). The normalized spacial score (nSPS) is 10.9. The van der Waals surface area contributed by atoms with E-state index in [4.69, 9.17) is 4.52 Å². The lowest BCUT2D eigenvalue weighted by Gasteiger charge is -2.20. The second kappa shape index (κ2) is 8.55. The molecule has 0 radical (unpaired) electrons. The van der Waals surface area contributed by atoms with Crippen molar-refractivity contribution in [3.8, 4) is 0 Å². The summed E-state index contributed by atoms with van der Waals surface area (Å²) < 4.78 is 4.82. The van der Waals surface area contributed by atoms with E-state index in [2.05, 4.69) is 25.4 Å². The van der Waals surface area contributed by atoms with Crippen molar-refractivity contribution in [1.82, 2.24) is 25.3 Å². The third-order valence-corrected chi connectivity index (χ3v) is 2.73. The summed E-state index contributed by atoms with van der Waals surface area (Å²) in [7, 11) is 3.68. The Kier molecular flexibility index (Phi) is 7.06. The van der Waals surface area contributed by atoms with Crippen LogP contribution in [0.15, 0.2) is 34.1 Å². The summed E-state index contributed by atoms with van der Waals surface area (Å²) in [5, 5.41) is 7.14. The zero-order valence-corrected chi connectivity index (χ0v) is 14.6. The molecule has 0 amide bonds. The minimum Gasteiger partial charge on any atom is -0.364 e. The topological polar surface area (TPSA) is 79.4 Å². The van der Waals surface area contributed by atoms with E-state index in [1.807, 2.05) is 31.0 Å². The molecule has 0 saturated carbocycles. The lowest BCUT2D eigenvalue weighted by atomic mass is 10.4. The summed E-state index contributed by atoms with van der Waals surface area (Å²) in [6.45, 7) is 3.09. The van der Waals surface area contributed by atoms with Gasteiger partial charge in [0.15, 0.2) is 5.96 Å². The van der Waals surface area contributed by atoms with Crippen LogP contribution in [0, 0.1) is 6.92 Å². The summed E-state index contributed by atoms with van der Waals surface area (Å²) in [5.41, 5.74) is 1.78. The summed E-state index contributed by atoms with van der Waals surface area (Å²) in [5.74, 6) is 1.53. The van der Waals surface area contributed by atoms with Crippen molar-refractivity contribution >= 4 is 29.9 Å². The van der Waals surface area contributed by atoms with Crippen molar-refractivity contribution in [2.24, 2.45) is 4.99 Å². The SMILES string of the molecule is CN=C(NCc1ccnc(C)n1)N(C)Cc1ccon1.I. The molecule has 114 valence electrons. The Morgan fingerprint density at radius 2 is 2.19 bits per heavy atom. The van der Waals surface area contributed by atoms with E-state index in [9.17, 15) is 0 Å². The molecule has 2 heterocycles. The first-order chi connectivity index (χ1) is 9.69. The molecule has 0 fully saturated rings. The Morgan fingerprint density at radius 3 is 2.81 bits per heavy atom. The van der Waals surface area contributed by atoms with Gasteiger partial charge in [0.1, 0.15) is 17.8 Å². The number of aromatic nitrogens is 3. The van der Waals surface area contributed by atoms with Crippen molar-refractivity contribution in [1.29, 1.82) is 0 Å². The van der Waals surface area contributed by atoms with Gasteiger partial charge in [-0.15, -0.1) is 24.0 Å². The Balaban J connectivity index is 0.00000220. The molecule has 2 aromatic rings. The van der Waals surface area contributed by atoms with E-state index in [0.717, 1.165) is 23.2 Å². The number of nitrogens with one attached hydrogen (secondary N) is 1. The summed E-state index contributed by atoms with van der Waals surface area (Å²) in [6, 6.07) is 3.71. The molecule has 0 aliphatic rings. The van der Waals surface area contributed by atoms with Gasteiger partial charge in [0.2, 0.25) is 0 Å². The standard InChI is InChI=1S/C13H18N6O.HI/c1-10-15-6-4-11(17-10)8-16-13(14-2)19(3)9-12-5-7-20-18-12;/h4-7H,8-9H2,1-3H3,(H,14,16);1H. The lowest BCUT2D eigenvalue weighted by molar-refractivity contribution is 0.391. The van der Waals surface area contributed by atoms with Gasteiger partial charge in [0.25, 0.3) is 0 Å². The minimum atomic E-state index is 0. The van der Waals surface area contributed by atoms with Crippen molar-refractivity contribution in [2.75, 3.05) is 14.1 Å². The van der Waals surface area contributed by atoms with Gasteiger partial charge in [-0.3, -0.25) is 4.99 Å². The molecular weight excluding hydrogens is 383 g/mol. The zero-order chi connectivity index (χ0) is 14.4. The second-order valence-corrected chi connectivity index (χ2v) is 4.34. The van der Waals surface area contributed by atoms with Crippen LogP contribution < -0.4 is 5.32 Å². The minimum absolute atomic E-state index is 0. The zero-order valence-electron chi connectivity index (χ0n) is 12.3. The highest BCUT2D eigenvalue weighted by Crippen LogP contribution is 2.01. The number of aryl methyl sites for hydroxylation is 1. The molecule has 0 saturated heterocycles. The smallest absolute Gasteiger partial charge is 0.194 e. The van der Waals surface area contributed by atoms with E-state index in [1.54, 1.807) is 19.5 Å². The molecule has 0 bridgehead atoms. The molecule has 7 nitrogen and oxygen atoms in total. The molecule has 8 heteroatoms. The van der Waals surface area contributed by atoms with E-state index in [-0.39, 0.29) is 24.0 Å². The predicted octanol–water partition coefficient (Wildman–Crippen LogP) is 1.60. The fraction of sp³-hybridized carbons (Fsp3) is 0.385. The maximum absolute atomic E-state index is 4.82. The largest absolute Gasteiger partial charge is 0.364 e. The maximum atomic E-state index is 4.82. The van der Waals surface area contributed by atoms with Crippen LogP contribution in [-0.4, -0.2) is 40.1 Å². The second-order valence-electron chi connectivity index (χ2n) is 4.34. The summed E-state index contributed by atoms with van der Waals surface area (Å²) >= 11 is 0. The van der Waals surface area contributed by atoms with Crippen LogP contribution in [0.25, 0.3) is 0 Å². The van der Waals surface area contributed by atoms with Crippen molar-refractivity contribution in [3.05, 3.63) is 41.8 Å². The van der Waals surface area contributed by atoms with Gasteiger partial charge in [0, 0.05) is 26.4 Å². The molecule has 0 aromatic carbocycles. The van der Waals surface area contributed by atoms with Gasteiger partial charge in [0.05, 0.1) is 18.8 Å². The number of hydrogen-bond donors (Lipinski definition) is 1. The van der Waals surface area contributed by atoms with Crippen molar-refractivity contribution in [3.63, 3.8) is 0 Å². The van der Waals surface area contributed by atoms with E-state index >= 15 is 0 Å². The molecule has 0 atom stereocenters. The van der Waals surface area contributed by atoms with Crippen LogP contribution in [0.5, 0.6) is 0 Å². The summed E-state index contributed by atoms with van der Waals surface area (Å²) in [6.07, 6.45) is 3.31. The van der Waals surface area contributed by atoms with Crippen molar-refractivity contribution in [2.45, 2.75) is 20.0 Å². The van der Waals surface area contributed by atoms with E-state index in [0.29, 0.717) is 13.1 Å². The highest BCUT2D eigenvalue weighted by Gasteiger charge is 2.08. The molecule has 1 N–H and O–H groups in total. The van der Waals surface area contributed by atoms with Crippen LogP contribution in [0.2, 0.25) is 0 Å². The van der Waals surface area contributed by atoms with Gasteiger partial charge >= 0.3 is 0 Å². The summed E-state index contributed by atoms with van der Waals surface area (Å²) in [4.78, 5) is 14.6. The molecule has 21 heavy (non-hydrogen) atoms. The Morgan fingerprint density at radius 1 is 1.38 bits per heavy atom. The van der Waals surface area contributed by atoms with Crippen LogP contribution in [0.1, 0.15) is 17.2 Å². The van der Waals surface area contributed by atoms with Crippen LogP contribution >= 0.6 is 24.0 Å². The van der Waals surface area contributed by atoms with Crippen LogP contribution in [-0.2, 0) is 13.1 Å². The molecular formula is C13H19IN6O. The van der Waals surface area contributed by atoms with Crippen molar-refractivity contribution < 1.29 is 4.52 Å². The number of rotatable bonds is 4. The maximum Gasteiger partial charge on any atom is 0.194 e. The number of hydrogen-bond acceptors (Lipinski definition) is 5. The average Bonchev–Trinajstić information content (AvgIpc) is 2.92. The van der Waals surface area contributed by atoms with Crippen LogP contribution in [0.4, 0.5) is 0 Å². The van der Waals surface area contributed by atoms with Gasteiger partial charge in [-0.1, -0.05) is 5.16 Å². The Hall–Kier alpha value is -1.71. The van der Waals surface area contributed by atoms with E-state index in [1.165, 1.54) is 0 Å².